The van der Waals surface area contributed by atoms with Crippen LogP contribution in [-0.4, -0.2) is 6.04 Å². The first kappa shape index (κ1) is 16.7. The Balaban J connectivity index is 2.02. The van der Waals surface area contributed by atoms with Crippen LogP contribution in [0.4, 0.5) is 0 Å². The van der Waals surface area contributed by atoms with Crippen LogP contribution >= 0.6 is 12.6 Å². The monoisotopic (exact) mass is 333 g/mol. The Bertz CT molecular complexity index is 800. The van der Waals surface area contributed by atoms with Crippen molar-refractivity contribution in [3.8, 4) is 12.3 Å². The summed E-state index contributed by atoms with van der Waals surface area (Å²) >= 11 is 4.75. The Labute approximate surface area is 150 Å². The summed E-state index contributed by atoms with van der Waals surface area (Å²) in [7, 11) is 0. The average molecular weight is 334 g/mol. The summed E-state index contributed by atoms with van der Waals surface area (Å²) in [5, 5.41) is 3.71. The SMILES string of the molecule is C#CC/C(C)=C1/NC2CC(c3ccccc3)=CC=C2/C1=C(\S)CC. The fourth-order valence-corrected chi connectivity index (χ4v) is 3.65. The van der Waals surface area contributed by atoms with Crippen LogP contribution in [0.3, 0.4) is 0 Å². The number of terminal acetylenes is 1. The molecule has 1 fully saturated rings. The number of allylic oxidation sites excluding steroid dienone is 5. The van der Waals surface area contributed by atoms with Crippen LogP contribution in [-0.2, 0) is 0 Å². The van der Waals surface area contributed by atoms with Crippen LogP contribution in [0.25, 0.3) is 5.57 Å². The van der Waals surface area contributed by atoms with Crippen molar-refractivity contribution in [2.45, 2.75) is 39.2 Å². The van der Waals surface area contributed by atoms with Gasteiger partial charge >= 0.3 is 0 Å². The highest BCUT2D eigenvalue weighted by Gasteiger charge is 2.33. The molecule has 0 aromatic heterocycles. The number of benzene rings is 1. The van der Waals surface area contributed by atoms with Crippen LogP contribution in [0.5, 0.6) is 0 Å². The number of nitrogens with one attached hydrogen (secondary N) is 1. The normalized spacial score (nSPS) is 23.5. The van der Waals surface area contributed by atoms with Gasteiger partial charge in [-0.05, 0) is 47.0 Å². The van der Waals surface area contributed by atoms with Crippen molar-refractivity contribution < 1.29 is 0 Å². The number of thiol groups is 1. The van der Waals surface area contributed by atoms with E-state index in [1.807, 2.05) is 0 Å². The first-order chi connectivity index (χ1) is 11.7. The van der Waals surface area contributed by atoms with E-state index in [0.717, 1.165) is 17.7 Å². The Morgan fingerprint density at radius 3 is 2.71 bits per heavy atom. The molecule has 2 aliphatic rings. The Kier molecular flexibility index (Phi) is 5.02. The smallest absolute Gasteiger partial charge is 0.0561 e. The lowest BCUT2D eigenvalue weighted by molar-refractivity contribution is 0.708. The minimum absolute atomic E-state index is 0.302. The number of fused-ring (bicyclic) bond motifs is 1. The lowest BCUT2D eigenvalue weighted by Gasteiger charge is -2.19. The van der Waals surface area contributed by atoms with Gasteiger partial charge < -0.3 is 5.32 Å². The summed E-state index contributed by atoms with van der Waals surface area (Å²) < 4.78 is 0. The third kappa shape index (κ3) is 3.09. The van der Waals surface area contributed by atoms with E-state index < -0.39 is 0 Å². The molecule has 24 heavy (non-hydrogen) atoms. The molecule has 1 heterocycles. The third-order valence-electron chi connectivity index (χ3n) is 4.68. The zero-order valence-electron chi connectivity index (χ0n) is 14.3. The van der Waals surface area contributed by atoms with Crippen molar-refractivity contribution in [3.63, 3.8) is 0 Å². The molecule has 1 saturated heterocycles. The minimum atomic E-state index is 0.302. The topological polar surface area (TPSA) is 12.0 Å². The third-order valence-corrected chi connectivity index (χ3v) is 5.22. The molecule has 1 atom stereocenters. The summed E-state index contributed by atoms with van der Waals surface area (Å²) in [6, 6.07) is 10.9. The highest BCUT2D eigenvalue weighted by Crippen LogP contribution is 2.41. The van der Waals surface area contributed by atoms with Gasteiger partial charge in [0.2, 0.25) is 0 Å². The van der Waals surface area contributed by atoms with E-state index in [2.05, 4.69) is 67.6 Å². The van der Waals surface area contributed by atoms with Gasteiger partial charge in [-0.2, -0.15) is 0 Å². The average Bonchev–Trinajstić information content (AvgIpc) is 3.00. The molecular formula is C22H23NS. The summed E-state index contributed by atoms with van der Waals surface area (Å²) in [6.45, 7) is 4.26. The molecule has 0 radical (unpaired) electrons. The fraction of sp³-hybridized carbons (Fsp3) is 0.273. The van der Waals surface area contributed by atoms with E-state index in [-0.39, 0.29) is 0 Å². The van der Waals surface area contributed by atoms with Gasteiger partial charge in [0, 0.05) is 17.7 Å². The minimum Gasteiger partial charge on any atom is -0.377 e. The van der Waals surface area contributed by atoms with E-state index in [1.165, 1.54) is 33.6 Å². The van der Waals surface area contributed by atoms with Gasteiger partial charge in [-0.15, -0.1) is 25.0 Å². The second-order valence-electron chi connectivity index (χ2n) is 6.29. The quantitative estimate of drug-likeness (QED) is 0.568. The van der Waals surface area contributed by atoms with Crippen molar-refractivity contribution in [1.29, 1.82) is 0 Å². The van der Waals surface area contributed by atoms with Gasteiger partial charge in [0.25, 0.3) is 0 Å². The first-order valence-corrected chi connectivity index (χ1v) is 8.89. The summed E-state index contributed by atoms with van der Waals surface area (Å²) in [4.78, 5) is 1.12. The van der Waals surface area contributed by atoms with Crippen LogP contribution < -0.4 is 5.32 Å². The molecule has 1 aromatic rings. The second kappa shape index (κ2) is 7.20. The maximum atomic E-state index is 5.52. The molecule has 122 valence electrons. The Hall–Kier alpha value is -2.11. The van der Waals surface area contributed by atoms with Crippen molar-refractivity contribution >= 4 is 18.2 Å². The molecular weight excluding hydrogens is 310 g/mol. The molecule has 1 aromatic carbocycles. The van der Waals surface area contributed by atoms with Crippen LogP contribution in [0.2, 0.25) is 0 Å². The molecule has 0 saturated carbocycles. The second-order valence-corrected chi connectivity index (χ2v) is 6.83. The molecule has 1 N–H and O–H groups in total. The molecule has 2 heteroatoms. The van der Waals surface area contributed by atoms with E-state index in [9.17, 15) is 0 Å². The zero-order chi connectivity index (χ0) is 17.1. The first-order valence-electron chi connectivity index (χ1n) is 8.44. The van der Waals surface area contributed by atoms with E-state index in [4.69, 9.17) is 19.1 Å². The largest absolute Gasteiger partial charge is 0.377 e. The summed E-state index contributed by atoms with van der Waals surface area (Å²) in [5.74, 6) is 2.76. The number of hydrogen-bond acceptors (Lipinski definition) is 2. The predicted molar refractivity (Wildman–Crippen MR) is 106 cm³/mol. The molecule has 1 nitrogen and oxygen atoms in total. The van der Waals surface area contributed by atoms with Gasteiger partial charge in [-0.3, -0.25) is 0 Å². The van der Waals surface area contributed by atoms with E-state index >= 15 is 0 Å². The number of hydrogen-bond donors (Lipinski definition) is 2. The van der Waals surface area contributed by atoms with Crippen molar-refractivity contribution in [1.82, 2.24) is 5.32 Å². The molecule has 0 amide bonds. The van der Waals surface area contributed by atoms with Crippen molar-refractivity contribution in [2.75, 3.05) is 0 Å². The lowest BCUT2D eigenvalue weighted by Crippen LogP contribution is -2.23. The molecule has 3 rings (SSSR count). The van der Waals surface area contributed by atoms with E-state index in [0.29, 0.717) is 12.5 Å². The predicted octanol–water partition coefficient (Wildman–Crippen LogP) is 5.26. The molecule has 1 unspecified atom stereocenters. The maximum absolute atomic E-state index is 5.52. The zero-order valence-corrected chi connectivity index (χ0v) is 15.2. The van der Waals surface area contributed by atoms with Crippen molar-refractivity contribution in [3.05, 3.63) is 75.4 Å². The summed E-state index contributed by atoms with van der Waals surface area (Å²) in [6.07, 6.45) is 12.6. The maximum Gasteiger partial charge on any atom is 0.0561 e. The molecule has 0 bridgehead atoms. The molecule has 0 spiro atoms. The van der Waals surface area contributed by atoms with E-state index in [1.54, 1.807) is 0 Å². The fourth-order valence-electron chi connectivity index (χ4n) is 3.41. The van der Waals surface area contributed by atoms with Crippen LogP contribution in [0.1, 0.15) is 38.7 Å². The van der Waals surface area contributed by atoms with Crippen LogP contribution in [0, 0.1) is 12.3 Å². The van der Waals surface area contributed by atoms with Crippen LogP contribution in [0.15, 0.2) is 69.8 Å². The lowest BCUT2D eigenvalue weighted by atomic mass is 9.88. The highest BCUT2D eigenvalue weighted by atomic mass is 32.1. The molecule has 1 aliphatic carbocycles. The summed E-state index contributed by atoms with van der Waals surface area (Å²) in [5.41, 5.74) is 7.64. The van der Waals surface area contributed by atoms with Gasteiger partial charge in [0.1, 0.15) is 0 Å². The molecule has 1 aliphatic heterocycles. The van der Waals surface area contributed by atoms with Crippen molar-refractivity contribution in [2.24, 2.45) is 0 Å². The van der Waals surface area contributed by atoms with Gasteiger partial charge in [-0.1, -0.05) is 49.4 Å². The van der Waals surface area contributed by atoms with Gasteiger partial charge in [-0.25, -0.2) is 0 Å². The Morgan fingerprint density at radius 1 is 1.29 bits per heavy atom. The van der Waals surface area contributed by atoms with Gasteiger partial charge in [0.15, 0.2) is 0 Å². The highest BCUT2D eigenvalue weighted by molar-refractivity contribution is 7.84. The number of rotatable bonds is 3. The van der Waals surface area contributed by atoms with Gasteiger partial charge in [0.05, 0.1) is 6.04 Å². The Morgan fingerprint density at radius 2 is 2.04 bits per heavy atom. The standard InChI is InChI=1S/C22H23NS/c1-4-9-15(3)22-21(20(24)5-2)18-13-12-17(14-19(18)23-22)16-10-7-6-8-11-16/h1,6-8,10-13,19,23-24H,5,9,14H2,2-3H3/b21-20+,22-15+.